The van der Waals surface area contributed by atoms with E-state index < -0.39 is 0 Å². The zero-order valence-electron chi connectivity index (χ0n) is 23.6. The molecule has 40 heavy (non-hydrogen) atoms. The molecule has 2 aliphatic rings. The largest absolute Gasteiger partial charge is 0.363 e. The molecule has 0 spiro atoms. The lowest BCUT2D eigenvalue weighted by Crippen LogP contribution is -2.44. The van der Waals surface area contributed by atoms with Crippen LogP contribution in [0.5, 0.6) is 0 Å². The second-order valence-corrected chi connectivity index (χ2v) is 12.9. The number of hydrogen-bond donors (Lipinski definition) is 1. The monoisotopic (exact) mass is 559 g/mol. The highest BCUT2D eigenvalue weighted by Crippen LogP contribution is 2.45. The zero-order chi connectivity index (χ0) is 28.4. The highest BCUT2D eigenvalue weighted by molar-refractivity contribution is 7.16. The molecule has 0 radical (unpaired) electrons. The zero-order valence-corrected chi connectivity index (χ0v) is 24.5. The summed E-state index contributed by atoms with van der Waals surface area (Å²) in [6, 6.07) is 14.7. The van der Waals surface area contributed by atoms with Crippen LogP contribution < -0.4 is 10.2 Å². The molecule has 1 amide bonds. The maximum Gasteiger partial charge on any atom is 0.293 e. The number of aliphatic imine (C=N–C) groups is 1. The Labute approximate surface area is 239 Å². The molecule has 0 saturated carbocycles. The van der Waals surface area contributed by atoms with Crippen molar-refractivity contribution in [1.82, 2.24) is 4.90 Å². The summed E-state index contributed by atoms with van der Waals surface area (Å²) in [4.78, 5) is 35.5. The van der Waals surface area contributed by atoms with E-state index >= 15 is 0 Å². The molecule has 1 aliphatic carbocycles. The Kier molecular flexibility index (Phi) is 8.05. The second-order valence-electron chi connectivity index (χ2n) is 11.9. The third kappa shape index (κ3) is 6.10. The standard InChI is InChI=1S/C31H37N5O3S/c1-31(2,3)22-11-12-24-27(19-22)40-30(28(24)29(37)33-23-8-6-5-7-9-23)32-20-21-10-13-25(26(18-21)36(38)39)35-16-14-34(4)15-17-35/h5-10,13,18,20,22H,11-12,14-17,19H2,1-4H3,(H,33,37)/t22-/m0/s1. The molecule has 8 nitrogen and oxygen atoms in total. The number of nitrogens with one attached hydrogen (secondary N) is 1. The minimum absolute atomic E-state index is 0.0778. The van der Waals surface area contributed by atoms with Gasteiger partial charge in [-0.2, -0.15) is 0 Å². The highest BCUT2D eigenvalue weighted by Gasteiger charge is 2.34. The quantitative estimate of drug-likeness (QED) is 0.210. The lowest BCUT2D eigenvalue weighted by molar-refractivity contribution is -0.384. The van der Waals surface area contributed by atoms with E-state index in [0.717, 1.165) is 56.7 Å². The molecular weight excluding hydrogens is 522 g/mol. The summed E-state index contributed by atoms with van der Waals surface area (Å²) >= 11 is 1.57. The van der Waals surface area contributed by atoms with Crippen molar-refractivity contribution in [2.24, 2.45) is 16.3 Å². The molecule has 2 heterocycles. The van der Waals surface area contributed by atoms with E-state index in [1.54, 1.807) is 23.6 Å². The van der Waals surface area contributed by atoms with Crippen molar-refractivity contribution in [3.05, 3.63) is 80.2 Å². The van der Waals surface area contributed by atoms with E-state index in [1.807, 2.05) is 42.5 Å². The van der Waals surface area contributed by atoms with Gasteiger partial charge < -0.3 is 15.1 Å². The van der Waals surface area contributed by atoms with Crippen molar-refractivity contribution in [2.75, 3.05) is 43.4 Å². The van der Waals surface area contributed by atoms with Gasteiger partial charge >= 0.3 is 0 Å². The van der Waals surface area contributed by atoms with E-state index in [4.69, 9.17) is 4.99 Å². The number of nitrogens with zero attached hydrogens (tertiary/aromatic N) is 4. The number of nitro groups is 1. The summed E-state index contributed by atoms with van der Waals surface area (Å²) in [6.45, 7) is 10.1. The molecule has 3 aromatic rings. The number of likely N-dealkylation sites (N-methyl/N-ethyl adjacent to an activating group) is 1. The molecule has 0 bridgehead atoms. The maximum atomic E-state index is 13.6. The summed E-state index contributed by atoms with van der Waals surface area (Å²) in [5, 5.41) is 15.7. The highest BCUT2D eigenvalue weighted by atomic mass is 32.1. The smallest absolute Gasteiger partial charge is 0.293 e. The number of carbonyl (C=O) groups excluding carboxylic acids is 1. The van der Waals surface area contributed by atoms with Crippen LogP contribution in [0.1, 0.15) is 53.6 Å². The summed E-state index contributed by atoms with van der Waals surface area (Å²) in [6.07, 6.45) is 4.45. The van der Waals surface area contributed by atoms with Crippen LogP contribution in [-0.4, -0.2) is 55.2 Å². The van der Waals surface area contributed by atoms with Crippen LogP contribution in [0.2, 0.25) is 0 Å². The number of rotatable bonds is 6. The van der Waals surface area contributed by atoms with E-state index in [0.29, 0.717) is 27.7 Å². The van der Waals surface area contributed by atoms with E-state index in [9.17, 15) is 14.9 Å². The Bertz CT molecular complexity index is 1420. The first-order valence-corrected chi connectivity index (χ1v) is 14.7. The van der Waals surface area contributed by atoms with Gasteiger partial charge in [0, 0.05) is 49.0 Å². The lowest BCUT2D eigenvalue weighted by Gasteiger charge is -2.33. The number of nitro benzene ring substituents is 1. The minimum atomic E-state index is -0.319. The van der Waals surface area contributed by atoms with Crippen LogP contribution in [0.3, 0.4) is 0 Å². The molecule has 1 aliphatic heterocycles. The predicted octanol–water partition coefficient (Wildman–Crippen LogP) is 6.56. The molecule has 1 saturated heterocycles. The summed E-state index contributed by atoms with van der Waals surface area (Å²) in [7, 11) is 2.06. The Hall–Kier alpha value is -3.56. The van der Waals surface area contributed by atoms with Gasteiger partial charge in [-0.25, -0.2) is 4.99 Å². The molecule has 1 fully saturated rings. The fraction of sp³-hybridized carbons (Fsp3) is 0.419. The van der Waals surface area contributed by atoms with Gasteiger partial charge in [0.1, 0.15) is 10.7 Å². The minimum Gasteiger partial charge on any atom is -0.363 e. The van der Waals surface area contributed by atoms with Crippen molar-refractivity contribution in [3.63, 3.8) is 0 Å². The van der Waals surface area contributed by atoms with Gasteiger partial charge in [-0.3, -0.25) is 14.9 Å². The number of thiophene rings is 1. The Morgan fingerprint density at radius 3 is 2.52 bits per heavy atom. The van der Waals surface area contributed by atoms with Crippen LogP contribution in [0.4, 0.5) is 22.1 Å². The van der Waals surface area contributed by atoms with E-state index in [2.05, 4.69) is 42.9 Å². The first kappa shape index (κ1) is 28.0. The average molecular weight is 560 g/mol. The van der Waals surface area contributed by atoms with Gasteiger partial charge in [-0.05, 0) is 67.0 Å². The topological polar surface area (TPSA) is 91.1 Å². The van der Waals surface area contributed by atoms with Crippen molar-refractivity contribution >= 4 is 45.5 Å². The molecule has 2 aromatic carbocycles. The van der Waals surface area contributed by atoms with Crippen molar-refractivity contribution in [3.8, 4) is 0 Å². The summed E-state index contributed by atoms with van der Waals surface area (Å²) in [5.74, 6) is 0.367. The van der Waals surface area contributed by atoms with Crippen LogP contribution in [0.25, 0.3) is 0 Å². The SMILES string of the molecule is CN1CCN(c2ccc(C=Nc3sc4c(c3C(=O)Nc3ccccc3)CC[C@H](C(C)(C)C)C4)cc2[N+](=O)[O-])CC1. The van der Waals surface area contributed by atoms with Crippen molar-refractivity contribution < 1.29 is 9.72 Å². The van der Waals surface area contributed by atoms with Gasteiger partial charge in [0.25, 0.3) is 11.6 Å². The predicted molar refractivity (Wildman–Crippen MR) is 164 cm³/mol. The second kappa shape index (κ2) is 11.5. The molecule has 210 valence electrons. The molecule has 9 heteroatoms. The Balaban J connectivity index is 1.47. The first-order valence-electron chi connectivity index (χ1n) is 13.9. The van der Waals surface area contributed by atoms with Crippen LogP contribution in [-0.2, 0) is 12.8 Å². The molecule has 1 N–H and O–H groups in total. The van der Waals surface area contributed by atoms with Crippen molar-refractivity contribution in [2.45, 2.75) is 40.0 Å². The van der Waals surface area contributed by atoms with E-state index in [1.165, 1.54) is 4.88 Å². The molecule has 5 rings (SSSR count). The number of fused-ring (bicyclic) bond motifs is 1. The number of amides is 1. The lowest BCUT2D eigenvalue weighted by atomic mass is 9.72. The third-order valence-corrected chi connectivity index (χ3v) is 9.26. The van der Waals surface area contributed by atoms with Gasteiger partial charge in [0.15, 0.2) is 0 Å². The Morgan fingerprint density at radius 2 is 1.85 bits per heavy atom. The first-order chi connectivity index (χ1) is 19.1. The molecular formula is C31H37N5O3S. The Morgan fingerprint density at radius 1 is 1.12 bits per heavy atom. The van der Waals surface area contributed by atoms with Gasteiger partial charge in [0.05, 0.1) is 10.5 Å². The van der Waals surface area contributed by atoms with Crippen LogP contribution >= 0.6 is 11.3 Å². The number of para-hydroxylation sites is 1. The average Bonchev–Trinajstić information content (AvgIpc) is 3.30. The van der Waals surface area contributed by atoms with Gasteiger partial charge in [-0.15, -0.1) is 11.3 Å². The third-order valence-electron chi connectivity index (χ3n) is 8.10. The number of carbonyl (C=O) groups is 1. The number of anilines is 2. The summed E-state index contributed by atoms with van der Waals surface area (Å²) < 4.78 is 0. The van der Waals surface area contributed by atoms with Gasteiger partial charge in [-0.1, -0.05) is 45.0 Å². The fourth-order valence-electron chi connectivity index (χ4n) is 5.57. The molecule has 1 atom stereocenters. The van der Waals surface area contributed by atoms with Crippen molar-refractivity contribution in [1.29, 1.82) is 0 Å². The normalized spacial score (nSPS) is 18.1. The summed E-state index contributed by atoms with van der Waals surface area (Å²) in [5.41, 5.74) is 3.98. The fourth-order valence-corrected chi connectivity index (χ4v) is 6.83. The molecule has 1 aromatic heterocycles. The van der Waals surface area contributed by atoms with Gasteiger partial charge in [0.2, 0.25) is 0 Å². The van der Waals surface area contributed by atoms with E-state index in [-0.39, 0.29) is 21.9 Å². The number of benzene rings is 2. The maximum absolute atomic E-state index is 13.6. The van der Waals surface area contributed by atoms with Crippen LogP contribution in [0.15, 0.2) is 53.5 Å². The number of piperazine rings is 1. The number of hydrogen-bond acceptors (Lipinski definition) is 7. The van der Waals surface area contributed by atoms with Crippen LogP contribution in [0, 0.1) is 21.4 Å². The molecule has 0 unspecified atom stereocenters.